The van der Waals surface area contributed by atoms with Crippen molar-refractivity contribution in [2.75, 3.05) is 19.6 Å². The molecule has 0 amide bonds. The van der Waals surface area contributed by atoms with Crippen molar-refractivity contribution < 1.29 is 13.2 Å². The lowest BCUT2D eigenvalue weighted by atomic mass is 10.0. The Kier molecular flexibility index (Phi) is 10.3. The Bertz CT molecular complexity index is 502. The molecule has 0 saturated carbocycles. The Balaban J connectivity index is 0.00000484. The van der Waals surface area contributed by atoms with E-state index in [1.54, 1.807) is 0 Å². The van der Waals surface area contributed by atoms with Crippen LogP contribution in [0.3, 0.4) is 0 Å². The molecule has 1 aromatic rings. The predicted octanol–water partition coefficient (Wildman–Crippen LogP) is 3.97. The average Bonchev–Trinajstić information content (AvgIpc) is 2.40. The summed E-state index contributed by atoms with van der Waals surface area (Å²) in [5.74, 6) is 0.427. The van der Waals surface area contributed by atoms with Crippen molar-refractivity contribution in [3.8, 4) is 0 Å². The van der Waals surface area contributed by atoms with E-state index in [9.17, 15) is 13.2 Å². The van der Waals surface area contributed by atoms with E-state index in [1.165, 1.54) is 16.7 Å². The van der Waals surface area contributed by atoms with Gasteiger partial charge in [-0.25, -0.2) is 0 Å². The smallest absolute Gasteiger partial charge is 0.357 e. The zero-order valence-corrected chi connectivity index (χ0v) is 16.1. The highest BCUT2D eigenvalue weighted by Crippen LogP contribution is 2.18. The first-order valence-corrected chi connectivity index (χ1v) is 7.47. The summed E-state index contributed by atoms with van der Waals surface area (Å²) in [6.45, 7) is 6.97. The molecule has 0 unspecified atom stereocenters. The standard InChI is InChI=1S/C16H24F3N3.HI/c1-4-20-15(22-10-8-16(17,18)19)21-9-7-14-6-5-12(2)11-13(14)3;/h5-6,11H,4,7-10H2,1-3H3,(H2,20,21,22);1H. The van der Waals surface area contributed by atoms with Crippen LogP contribution >= 0.6 is 24.0 Å². The van der Waals surface area contributed by atoms with Gasteiger partial charge in [-0.1, -0.05) is 23.8 Å². The van der Waals surface area contributed by atoms with Crippen LogP contribution in [0.4, 0.5) is 13.2 Å². The van der Waals surface area contributed by atoms with Gasteiger partial charge in [-0.3, -0.25) is 4.99 Å². The van der Waals surface area contributed by atoms with Crippen LogP contribution in [0, 0.1) is 13.8 Å². The van der Waals surface area contributed by atoms with Gasteiger partial charge in [-0.2, -0.15) is 13.2 Å². The number of alkyl halides is 3. The molecule has 1 aromatic carbocycles. The molecule has 132 valence electrons. The van der Waals surface area contributed by atoms with Crippen molar-refractivity contribution in [1.82, 2.24) is 10.6 Å². The second-order valence-corrected chi connectivity index (χ2v) is 5.23. The fourth-order valence-electron chi connectivity index (χ4n) is 2.08. The number of hydrogen-bond acceptors (Lipinski definition) is 1. The molecule has 0 aromatic heterocycles. The number of benzene rings is 1. The molecule has 0 fully saturated rings. The molecule has 0 bridgehead atoms. The van der Waals surface area contributed by atoms with Crippen molar-refractivity contribution in [2.45, 2.75) is 39.8 Å². The van der Waals surface area contributed by atoms with Crippen molar-refractivity contribution in [2.24, 2.45) is 4.99 Å². The molecule has 0 aliphatic rings. The maximum absolute atomic E-state index is 12.1. The fourth-order valence-corrected chi connectivity index (χ4v) is 2.08. The van der Waals surface area contributed by atoms with Gasteiger partial charge in [0, 0.05) is 13.1 Å². The molecule has 1 rings (SSSR count). The lowest BCUT2D eigenvalue weighted by Crippen LogP contribution is -2.38. The number of aliphatic imine (C=N–C) groups is 1. The molecule has 0 spiro atoms. The number of nitrogens with one attached hydrogen (secondary N) is 2. The summed E-state index contributed by atoms with van der Waals surface area (Å²) < 4.78 is 36.4. The fraction of sp³-hybridized carbons (Fsp3) is 0.562. The average molecular weight is 443 g/mol. The van der Waals surface area contributed by atoms with Gasteiger partial charge in [0.15, 0.2) is 5.96 Å². The van der Waals surface area contributed by atoms with Gasteiger partial charge in [0.25, 0.3) is 0 Å². The number of nitrogens with zero attached hydrogens (tertiary/aromatic N) is 1. The zero-order chi connectivity index (χ0) is 16.6. The Morgan fingerprint density at radius 3 is 2.43 bits per heavy atom. The number of rotatable bonds is 6. The van der Waals surface area contributed by atoms with Gasteiger partial charge in [0.2, 0.25) is 0 Å². The van der Waals surface area contributed by atoms with Crippen LogP contribution in [0.15, 0.2) is 23.2 Å². The van der Waals surface area contributed by atoms with Gasteiger partial charge >= 0.3 is 6.18 Å². The molecule has 0 radical (unpaired) electrons. The van der Waals surface area contributed by atoms with Gasteiger partial charge < -0.3 is 10.6 Å². The zero-order valence-electron chi connectivity index (χ0n) is 13.8. The Hall–Kier alpha value is -0.990. The number of aryl methyl sites for hydroxylation is 2. The Labute approximate surface area is 153 Å². The van der Waals surface area contributed by atoms with Crippen LogP contribution in [0.25, 0.3) is 0 Å². The molecule has 7 heteroatoms. The van der Waals surface area contributed by atoms with E-state index in [0.29, 0.717) is 19.0 Å². The minimum atomic E-state index is -4.17. The maximum atomic E-state index is 12.1. The summed E-state index contributed by atoms with van der Waals surface area (Å²) in [5, 5.41) is 6.02. The van der Waals surface area contributed by atoms with E-state index in [1.807, 2.05) is 13.8 Å². The van der Waals surface area contributed by atoms with Gasteiger partial charge in [-0.05, 0) is 38.3 Å². The molecule has 3 nitrogen and oxygen atoms in total. The van der Waals surface area contributed by atoms with Crippen molar-refractivity contribution in [3.05, 3.63) is 34.9 Å². The number of hydrogen-bond donors (Lipinski definition) is 2. The van der Waals surface area contributed by atoms with Crippen LogP contribution in [0.2, 0.25) is 0 Å². The van der Waals surface area contributed by atoms with E-state index >= 15 is 0 Å². The van der Waals surface area contributed by atoms with Crippen molar-refractivity contribution >= 4 is 29.9 Å². The lowest BCUT2D eigenvalue weighted by Gasteiger charge is -2.13. The normalized spacial score (nSPS) is 11.8. The quantitative estimate of drug-likeness (QED) is 0.397. The van der Waals surface area contributed by atoms with Crippen molar-refractivity contribution in [3.63, 3.8) is 0 Å². The van der Waals surface area contributed by atoms with Crippen LogP contribution in [-0.2, 0) is 6.42 Å². The van der Waals surface area contributed by atoms with E-state index in [4.69, 9.17) is 0 Å². The summed E-state index contributed by atoms with van der Waals surface area (Å²) in [4.78, 5) is 3.94. The van der Waals surface area contributed by atoms with Crippen LogP contribution in [0.5, 0.6) is 0 Å². The maximum Gasteiger partial charge on any atom is 0.390 e. The summed E-state index contributed by atoms with van der Waals surface area (Å²) in [7, 11) is 0. The number of guanidine groups is 1. The molecule has 0 aliphatic heterocycles. The summed E-state index contributed by atoms with van der Waals surface area (Å²) >= 11 is 0. The summed E-state index contributed by atoms with van der Waals surface area (Å²) in [5.41, 5.74) is 3.67. The monoisotopic (exact) mass is 443 g/mol. The van der Waals surface area contributed by atoms with E-state index in [0.717, 1.165) is 6.42 Å². The molecule has 0 atom stereocenters. The topological polar surface area (TPSA) is 36.4 Å². The minimum Gasteiger partial charge on any atom is -0.357 e. The third-order valence-electron chi connectivity index (χ3n) is 3.19. The third-order valence-corrected chi connectivity index (χ3v) is 3.19. The van der Waals surface area contributed by atoms with E-state index in [2.05, 4.69) is 40.7 Å². The Morgan fingerprint density at radius 2 is 1.87 bits per heavy atom. The van der Waals surface area contributed by atoms with E-state index < -0.39 is 12.6 Å². The first-order valence-electron chi connectivity index (χ1n) is 7.47. The molecule has 0 aliphatic carbocycles. The highest BCUT2D eigenvalue weighted by molar-refractivity contribution is 14.0. The molecule has 2 N–H and O–H groups in total. The van der Waals surface area contributed by atoms with Crippen LogP contribution in [-0.4, -0.2) is 31.8 Å². The summed E-state index contributed by atoms with van der Waals surface area (Å²) in [6, 6.07) is 6.27. The SMILES string of the molecule is CCNC(=NCCC(F)(F)F)NCCc1ccc(C)cc1C.I. The van der Waals surface area contributed by atoms with Gasteiger partial charge in [0.1, 0.15) is 0 Å². The molecule has 0 heterocycles. The van der Waals surface area contributed by atoms with Gasteiger partial charge in [0.05, 0.1) is 13.0 Å². The molecule has 23 heavy (non-hydrogen) atoms. The molecular formula is C16H25F3IN3. The summed E-state index contributed by atoms with van der Waals surface area (Å²) in [6.07, 6.45) is -4.27. The third kappa shape index (κ3) is 9.68. The van der Waals surface area contributed by atoms with Crippen molar-refractivity contribution in [1.29, 1.82) is 0 Å². The predicted molar refractivity (Wildman–Crippen MR) is 99.7 cm³/mol. The van der Waals surface area contributed by atoms with Crippen LogP contribution < -0.4 is 10.6 Å². The molecular weight excluding hydrogens is 418 g/mol. The highest BCUT2D eigenvalue weighted by Gasteiger charge is 2.26. The lowest BCUT2D eigenvalue weighted by molar-refractivity contribution is -0.132. The first kappa shape index (κ1) is 22.0. The largest absolute Gasteiger partial charge is 0.390 e. The Morgan fingerprint density at radius 1 is 1.17 bits per heavy atom. The highest BCUT2D eigenvalue weighted by atomic mass is 127. The van der Waals surface area contributed by atoms with E-state index in [-0.39, 0.29) is 30.5 Å². The second-order valence-electron chi connectivity index (χ2n) is 5.23. The first-order chi connectivity index (χ1) is 10.3. The molecule has 0 saturated heterocycles. The van der Waals surface area contributed by atoms with Gasteiger partial charge in [-0.15, -0.1) is 24.0 Å². The van der Waals surface area contributed by atoms with Crippen LogP contribution in [0.1, 0.15) is 30.0 Å². The second kappa shape index (κ2) is 10.7. The minimum absolute atomic E-state index is 0. The number of halogens is 4.